The molecular weight excluding hydrogens is 390 g/mol. The zero-order chi connectivity index (χ0) is 22.1. The normalized spacial score (nSPS) is 17.8. The highest BCUT2D eigenvalue weighted by molar-refractivity contribution is 6.51. The summed E-state index contributed by atoms with van der Waals surface area (Å²) in [5.41, 5.74) is 3.80. The number of nitrogens with zero attached hydrogens (tertiary/aromatic N) is 1. The second kappa shape index (κ2) is 8.11. The van der Waals surface area contributed by atoms with Gasteiger partial charge in [-0.2, -0.15) is 0 Å². The van der Waals surface area contributed by atoms with Crippen LogP contribution in [0.25, 0.3) is 5.76 Å². The van der Waals surface area contributed by atoms with Crippen molar-refractivity contribution in [3.63, 3.8) is 0 Å². The fourth-order valence-electron chi connectivity index (χ4n) is 4.07. The Balaban J connectivity index is 1.96. The van der Waals surface area contributed by atoms with Crippen molar-refractivity contribution in [2.45, 2.75) is 19.9 Å². The Bertz CT molecular complexity index is 1180. The van der Waals surface area contributed by atoms with Crippen LogP contribution in [0.3, 0.4) is 0 Å². The number of carbonyl (C=O) groups is 2. The molecule has 1 amide bonds. The lowest BCUT2D eigenvalue weighted by atomic mass is 9.95. The van der Waals surface area contributed by atoms with E-state index in [0.717, 1.165) is 16.7 Å². The first-order valence-electron chi connectivity index (χ1n) is 9.99. The van der Waals surface area contributed by atoms with Crippen LogP contribution >= 0.6 is 0 Å². The smallest absolute Gasteiger partial charge is 0.300 e. The van der Waals surface area contributed by atoms with Crippen LogP contribution in [0.4, 0.5) is 5.69 Å². The number of aryl methyl sites for hydroxylation is 2. The Kier molecular flexibility index (Phi) is 5.34. The summed E-state index contributed by atoms with van der Waals surface area (Å²) in [6.07, 6.45) is 0. The molecule has 1 aliphatic rings. The third-order valence-electron chi connectivity index (χ3n) is 5.39. The zero-order valence-electron chi connectivity index (χ0n) is 17.6. The lowest BCUT2D eigenvalue weighted by Crippen LogP contribution is -2.29. The number of ketones is 1. The van der Waals surface area contributed by atoms with E-state index in [1.165, 1.54) is 12.0 Å². The van der Waals surface area contributed by atoms with Crippen molar-refractivity contribution < 1.29 is 19.4 Å². The molecule has 1 fully saturated rings. The molecule has 3 aromatic rings. The minimum absolute atomic E-state index is 0.0589. The van der Waals surface area contributed by atoms with Gasteiger partial charge in [0, 0.05) is 11.3 Å². The van der Waals surface area contributed by atoms with E-state index in [2.05, 4.69) is 0 Å². The van der Waals surface area contributed by atoms with Gasteiger partial charge in [-0.25, -0.2) is 0 Å². The van der Waals surface area contributed by atoms with Crippen LogP contribution in [-0.4, -0.2) is 23.9 Å². The molecule has 1 heterocycles. The molecule has 5 nitrogen and oxygen atoms in total. The zero-order valence-corrected chi connectivity index (χ0v) is 17.6. The van der Waals surface area contributed by atoms with Crippen molar-refractivity contribution >= 4 is 23.1 Å². The van der Waals surface area contributed by atoms with Crippen LogP contribution < -0.4 is 9.64 Å². The largest absolute Gasteiger partial charge is 0.507 e. The summed E-state index contributed by atoms with van der Waals surface area (Å²) in [7, 11) is 1.53. The second-order valence-electron chi connectivity index (χ2n) is 7.66. The molecule has 0 saturated carbocycles. The first-order chi connectivity index (χ1) is 14.9. The summed E-state index contributed by atoms with van der Waals surface area (Å²) < 4.78 is 5.25. The van der Waals surface area contributed by atoms with Gasteiger partial charge in [-0.05, 0) is 54.8 Å². The number of aliphatic hydroxyl groups excluding tert-OH is 1. The molecule has 0 bridgehead atoms. The van der Waals surface area contributed by atoms with Gasteiger partial charge in [0.15, 0.2) is 0 Å². The van der Waals surface area contributed by atoms with Gasteiger partial charge < -0.3 is 9.84 Å². The third kappa shape index (κ3) is 3.70. The fourth-order valence-corrected chi connectivity index (χ4v) is 4.07. The molecule has 4 rings (SSSR count). The Morgan fingerprint density at radius 3 is 2.23 bits per heavy atom. The lowest BCUT2D eigenvalue weighted by molar-refractivity contribution is -0.132. The highest BCUT2D eigenvalue weighted by Crippen LogP contribution is 2.42. The summed E-state index contributed by atoms with van der Waals surface area (Å²) in [4.78, 5) is 27.8. The van der Waals surface area contributed by atoms with E-state index in [1.54, 1.807) is 24.3 Å². The Labute approximate surface area is 181 Å². The number of hydrogen-bond donors (Lipinski definition) is 1. The van der Waals surface area contributed by atoms with Crippen LogP contribution in [0.1, 0.15) is 28.3 Å². The van der Waals surface area contributed by atoms with Gasteiger partial charge in [0.05, 0.1) is 18.7 Å². The number of carbonyl (C=O) groups excluding carboxylic acids is 2. The number of Topliss-reactive ketones (excluding diaryl/α,β-unsaturated/α-hetero) is 1. The summed E-state index contributed by atoms with van der Waals surface area (Å²) in [5.74, 6) is -1.06. The molecule has 1 atom stereocenters. The standard InChI is InChI=1S/C26H23NO4/c1-16-12-17(2)14-20(13-16)27-23(18-8-5-4-6-9-18)22(25(29)26(27)30)24(28)19-10-7-11-21(15-19)31-3/h4-15,23,28H,1-3H3/b24-22+. The van der Waals surface area contributed by atoms with Gasteiger partial charge >= 0.3 is 0 Å². The van der Waals surface area contributed by atoms with Crippen molar-refractivity contribution in [3.8, 4) is 5.75 Å². The van der Waals surface area contributed by atoms with E-state index >= 15 is 0 Å². The molecule has 3 aromatic carbocycles. The molecule has 1 unspecified atom stereocenters. The first-order valence-corrected chi connectivity index (χ1v) is 9.99. The quantitative estimate of drug-likeness (QED) is 0.374. The minimum Gasteiger partial charge on any atom is -0.507 e. The molecule has 5 heteroatoms. The fraction of sp³-hybridized carbons (Fsp3) is 0.154. The molecule has 0 aromatic heterocycles. The highest BCUT2D eigenvalue weighted by atomic mass is 16.5. The first kappa shape index (κ1) is 20.4. The van der Waals surface area contributed by atoms with E-state index in [0.29, 0.717) is 17.0 Å². The van der Waals surface area contributed by atoms with E-state index in [4.69, 9.17) is 4.74 Å². The van der Waals surface area contributed by atoms with Crippen LogP contribution in [0.2, 0.25) is 0 Å². The van der Waals surface area contributed by atoms with Crippen LogP contribution in [-0.2, 0) is 9.59 Å². The molecular formula is C26H23NO4. The van der Waals surface area contributed by atoms with E-state index in [9.17, 15) is 14.7 Å². The number of benzene rings is 3. The van der Waals surface area contributed by atoms with E-state index in [-0.39, 0.29) is 11.3 Å². The summed E-state index contributed by atoms with van der Waals surface area (Å²) in [5, 5.41) is 11.2. The molecule has 156 valence electrons. The Hall–Kier alpha value is -3.86. The van der Waals surface area contributed by atoms with Crippen molar-refractivity contribution in [3.05, 3.63) is 101 Å². The third-order valence-corrected chi connectivity index (χ3v) is 5.39. The number of hydrogen-bond acceptors (Lipinski definition) is 4. The highest BCUT2D eigenvalue weighted by Gasteiger charge is 2.47. The maximum absolute atomic E-state index is 13.2. The molecule has 0 spiro atoms. The second-order valence-corrected chi connectivity index (χ2v) is 7.66. The van der Waals surface area contributed by atoms with Crippen LogP contribution in [0.5, 0.6) is 5.75 Å². The molecule has 31 heavy (non-hydrogen) atoms. The summed E-state index contributed by atoms with van der Waals surface area (Å²) in [6, 6.07) is 21.1. The van der Waals surface area contributed by atoms with Crippen molar-refractivity contribution in [2.75, 3.05) is 12.0 Å². The molecule has 1 N–H and O–H groups in total. The van der Waals surface area contributed by atoms with Gasteiger partial charge in [-0.1, -0.05) is 48.5 Å². The monoisotopic (exact) mass is 413 g/mol. The Morgan fingerprint density at radius 1 is 0.903 bits per heavy atom. The topological polar surface area (TPSA) is 66.8 Å². The van der Waals surface area contributed by atoms with Crippen LogP contribution in [0, 0.1) is 13.8 Å². The number of methoxy groups -OCH3 is 1. The number of rotatable bonds is 4. The summed E-state index contributed by atoms with van der Waals surface area (Å²) >= 11 is 0. The van der Waals surface area contributed by atoms with E-state index in [1.807, 2.05) is 62.4 Å². The average Bonchev–Trinajstić information content (AvgIpc) is 3.04. The maximum Gasteiger partial charge on any atom is 0.300 e. The van der Waals surface area contributed by atoms with Crippen molar-refractivity contribution in [1.82, 2.24) is 0 Å². The summed E-state index contributed by atoms with van der Waals surface area (Å²) in [6.45, 7) is 3.89. The minimum atomic E-state index is -0.742. The predicted octanol–water partition coefficient (Wildman–Crippen LogP) is 4.94. The predicted molar refractivity (Wildman–Crippen MR) is 120 cm³/mol. The lowest BCUT2D eigenvalue weighted by Gasteiger charge is -2.26. The SMILES string of the molecule is COc1cccc(/C(O)=C2\C(=O)C(=O)N(c3cc(C)cc(C)c3)C2c2ccccc2)c1. The van der Waals surface area contributed by atoms with Gasteiger partial charge in [-0.15, -0.1) is 0 Å². The van der Waals surface area contributed by atoms with Crippen LogP contribution in [0.15, 0.2) is 78.4 Å². The maximum atomic E-state index is 13.2. The average molecular weight is 413 g/mol. The number of ether oxygens (including phenoxy) is 1. The Morgan fingerprint density at radius 2 is 1.58 bits per heavy atom. The van der Waals surface area contributed by atoms with Crippen molar-refractivity contribution in [1.29, 1.82) is 0 Å². The number of amides is 1. The molecule has 0 radical (unpaired) electrons. The van der Waals surface area contributed by atoms with Gasteiger partial charge in [-0.3, -0.25) is 14.5 Å². The van der Waals surface area contributed by atoms with Gasteiger partial charge in [0.25, 0.3) is 11.7 Å². The molecule has 1 saturated heterocycles. The van der Waals surface area contributed by atoms with Gasteiger partial charge in [0.2, 0.25) is 0 Å². The number of aliphatic hydroxyl groups is 1. The van der Waals surface area contributed by atoms with E-state index < -0.39 is 17.7 Å². The van der Waals surface area contributed by atoms with Gasteiger partial charge in [0.1, 0.15) is 11.5 Å². The number of anilines is 1. The van der Waals surface area contributed by atoms with Crippen molar-refractivity contribution in [2.24, 2.45) is 0 Å². The molecule has 1 aliphatic heterocycles. The molecule has 0 aliphatic carbocycles.